The van der Waals surface area contributed by atoms with E-state index in [4.69, 9.17) is 10.6 Å². The standard InChI is InChI=1S/C16H18Br2N2O/c1-10-3-5-14(18)13(7-10)15(20-19)9-11-8-12(17)4-6-16(11)21-2/h3-8,15,20H,9,19H2,1-2H3. The number of rotatable bonds is 5. The highest BCUT2D eigenvalue weighted by Gasteiger charge is 2.16. The second kappa shape index (κ2) is 7.40. The Kier molecular flexibility index (Phi) is 5.81. The van der Waals surface area contributed by atoms with Gasteiger partial charge in [0.25, 0.3) is 0 Å². The van der Waals surface area contributed by atoms with Crippen molar-refractivity contribution >= 4 is 31.9 Å². The molecule has 0 bridgehead atoms. The number of nitrogens with two attached hydrogens (primary N) is 1. The first kappa shape index (κ1) is 16.5. The van der Waals surface area contributed by atoms with Gasteiger partial charge in [-0.1, -0.05) is 49.6 Å². The zero-order valence-electron chi connectivity index (χ0n) is 12.0. The molecule has 0 aliphatic rings. The molecule has 21 heavy (non-hydrogen) atoms. The maximum absolute atomic E-state index is 5.78. The number of hydrogen-bond donors (Lipinski definition) is 2. The van der Waals surface area contributed by atoms with Crippen LogP contribution >= 0.6 is 31.9 Å². The summed E-state index contributed by atoms with van der Waals surface area (Å²) in [5.74, 6) is 6.64. The third-order valence-electron chi connectivity index (χ3n) is 3.39. The van der Waals surface area contributed by atoms with Crippen molar-refractivity contribution < 1.29 is 4.74 Å². The van der Waals surface area contributed by atoms with Gasteiger partial charge in [-0.25, -0.2) is 0 Å². The molecule has 5 heteroatoms. The van der Waals surface area contributed by atoms with Gasteiger partial charge in [-0.15, -0.1) is 0 Å². The molecule has 0 aromatic heterocycles. The lowest BCUT2D eigenvalue weighted by molar-refractivity contribution is 0.405. The van der Waals surface area contributed by atoms with E-state index in [0.717, 1.165) is 32.2 Å². The van der Waals surface area contributed by atoms with Gasteiger partial charge in [0.2, 0.25) is 0 Å². The first-order chi connectivity index (χ1) is 10.0. The molecule has 0 radical (unpaired) electrons. The molecule has 1 atom stereocenters. The molecule has 1 unspecified atom stereocenters. The van der Waals surface area contributed by atoms with Gasteiger partial charge in [-0.2, -0.15) is 0 Å². The lowest BCUT2D eigenvalue weighted by Gasteiger charge is -2.20. The van der Waals surface area contributed by atoms with Crippen LogP contribution in [-0.2, 0) is 6.42 Å². The minimum absolute atomic E-state index is 0.00229. The summed E-state index contributed by atoms with van der Waals surface area (Å²) in [6.45, 7) is 2.07. The summed E-state index contributed by atoms with van der Waals surface area (Å²) in [7, 11) is 1.68. The summed E-state index contributed by atoms with van der Waals surface area (Å²) in [6, 6.07) is 12.2. The van der Waals surface area contributed by atoms with E-state index in [1.165, 1.54) is 5.56 Å². The molecule has 0 spiro atoms. The minimum atomic E-state index is 0.00229. The lowest BCUT2D eigenvalue weighted by atomic mass is 9.97. The van der Waals surface area contributed by atoms with Crippen LogP contribution in [0.5, 0.6) is 5.75 Å². The van der Waals surface area contributed by atoms with Crippen LogP contribution in [-0.4, -0.2) is 7.11 Å². The molecule has 0 saturated heterocycles. The minimum Gasteiger partial charge on any atom is -0.496 e. The van der Waals surface area contributed by atoms with Crippen LogP contribution in [0.3, 0.4) is 0 Å². The van der Waals surface area contributed by atoms with E-state index in [9.17, 15) is 0 Å². The summed E-state index contributed by atoms with van der Waals surface area (Å²) in [6.07, 6.45) is 0.737. The molecule has 0 fully saturated rings. The van der Waals surface area contributed by atoms with Crippen molar-refractivity contribution in [3.05, 3.63) is 62.0 Å². The normalized spacial score (nSPS) is 12.2. The van der Waals surface area contributed by atoms with E-state index < -0.39 is 0 Å². The van der Waals surface area contributed by atoms with Gasteiger partial charge in [-0.05, 0) is 48.7 Å². The third-order valence-corrected chi connectivity index (χ3v) is 4.61. The molecule has 2 aromatic rings. The van der Waals surface area contributed by atoms with Crippen LogP contribution < -0.4 is 16.0 Å². The monoisotopic (exact) mass is 412 g/mol. The Labute approximate surface area is 142 Å². The van der Waals surface area contributed by atoms with E-state index in [2.05, 4.69) is 62.4 Å². The first-order valence-corrected chi connectivity index (χ1v) is 8.18. The van der Waals surface area contributed by atoms with Crippen molar-refractivity contribution in [1.29, 1.82) is 0 Å². The van der Waals surface area contributed by atoms with Crippen LogP contribution in [0.25, 0.3) is 0 Å². The van der Waals surface area contributed by atoms with Crippen molar-refractivity contribution in [3.63, 3.8) is 0 Å². The van der Waals surface area contributed by atoms with Gasteiger partial charge < -0.3 is 4.74 Å². The van der Waals surface area contributed by atoms with Crippen LogP contribution in [0.15, 0.2) is 45.3 Å². The van der Waals surface area contributed by atoms with E-state index >= 15 is 0 Å². The predicted molar refractivity (Wildman–Crippen MR) is 93.3 cm³/mol. The average Bonchev–Trinajstić information content (AvgIpc) is 2.47. The van der Waals surface area contributed by atoms with Crippen LogP contribution in [0, 0.1) is 6.92 Å². The molecule has 0 aliphatic carbocycles. The Morgan fingerprint density at radius 3 is 2.62 bits per heavy atom. The van der Waals surface area contributed by atoms with Gasteiger partial charge in [0, 0.05) is 8.95 Å². The highest BCUT2D eigenvalue weighted by atomic mass is 79.9. The van der Waals surface area contributed by atoms with Gasteiger partial charge in [0.05, 0.1) is 13.2 Å². The number of hydrogen-bond acceptors (Lipinski definition) is 3. The molecule has 2 aromatic carbocycles. The molecule has 3 nitrogen and oxygen atoms in total. The smallest absolute Gasteiger partial charge is 0.122 e. The van der Waals surface area contributed by atoms with Gasteiger partial charge >= 0.3 is 0 Å². The first-order valence-electron chi connectivity index (χ1n) is 6.59. The number of aryl methyl sites for hydroxylation is 1. The SMILES string of the molecule is COc1ccc(Br)cc1CC(NN)c1cc(C)ccc1Br. The van der Waals surface area contributed by atoms with E-state index in [0.29, 0.717) is 0 Å². The number of methoxy groups -OCH3 is 1. The van der Waals surface area contributed by atoms with Crippen molar-refractivity contribution in [2.45, 2.75) is 19.4 Å². The highest BCUT2D eigenvalue weighted by molar-refractivity contribution is 9.10. The zero-order valence-corrected chi connectivity index (χ0v) is 15.2. The van der Waals surface area contributed by atoms with E-state index in [-0.39, 0.29) is 6.04 Å². The quantitative estimate of drug-likeness (QED) is 0.568. The molecule has 112 valence electrons. The summed E-state index contributed by atoms with van der Waals surface area (Å²) in [4.78, 5) is 0. The number of hydrazine groups is 1. The van der Waals surface area contributed by atoms with Crippen LogP contribution in [0.2, 0.25) is 0 Å². The second-order valence-corrected chi connectivity index (χ2v) is 6.67. The third kappa shape index (κ3) is 4.07. The Hall–Kier alpha value is -0.880. The molecule has 0 amide bonds. The van der Waals surface area contributed by atoms with E-state index in [1.54, 1.807) is 7.11 Å². The summed E-state index contributed by atoms with van der Waals surface area (Å²) in [5, 5.41) is 0. The van der Waals surface area contributed by atoms with Gasteiger partial charge in [0.15, 0.2) is 0 Å². The molecule has 3 N–H and O–H groups in total. The fraction of sp³-hybridized carbons (Fsp3) is 0.250. The van der Waals surface area contributed by atoms with Gasteiger partial charge in [0.1, 0.15) is 5.75 Å². The molecule has 0 aliphatic heterocycles. The van der Waals surface area contributed by atoms with E-state index in [1.807, 2.05) is 18.2 Å². The van der Waals surface area contributed by atoms with Crippen molar-refractivity contribution in [2.24, 2.45) is 5.84 Å². The Morgan fingerprint density at radius 2 is 1.95 bits per heavy atom. The predicted octanol–water partition coefficient (Wildman–Crippen LogP) is 4.28. The molecule has 2 rings (SSSR count). The summed E-state index contributed by atoms with van der Waals surface area (Å²) in [5.41, 5.74) is 6.35. The largest absolute Gasteiger partial charge is 0.496 e. The maximum Gasteiger partial charge on any atom is 0.122 e. The fourth-order valence-corrected chi connectivity index (χ4v) is 3.25. The van der Waals surface area contributed by atoms with Crippen molar-refractivity contribution in [2.75, 3.05) is 7.11 Å². The maximum atomic E-state index is 5.78. The lowest BCUT2D eigenvalue weighted by Crippen LogP contribution is -2.30. The van der Waals surface area contributed by atoms with Crippen molar-refractivity contribution in [3.8, 4) is 5.75 Å². The Bertz CT molecular complexity index is 632. The number of ether oxygens (including phenoxy) is 1. The molecule has 0 saturated carbocycles. The topological polar surface area (TPSA) is 47.3 Å². The molecular formula is C16H18Br2N2O. The summed E-state index contributed by atoms with van der Waals surface area (Å²) < 4.78 is 7.51. The number of halogens is 2. The van der Waals surface area contributed by atoms with Crippen LogP contribution in [0.1, 0.15) is 22.7 Å². The zero-order chi connectivity index (χ0) is 15.4. The number of benzene rings is 2. The molecule has 0 heterocycles. The number of nitrogens with one attached hydrogen (secondary N) is 1. The fourth-order valence-electron chi connectivity index (χ4n) is 2.32. The van der Waals surface area contributed by atoms with Crippen molar-refractivity contribution in [1.82, 2.24) is 5.43 Å². The highest BCUT2D eigenvalue weighted by Crippen LogP contribution is 2.31. The van der Waals surface area contributed by atoms with Crippen LogP contribution in [0.4, 0.5) is 0 Å². The average molecular weight is 414 g/mol. The van der Waals surface area contributed by atoms with Gasteiger partial charge in [-0.3, -0.25) is 11.3 Å². The molecular weight excluding hydrogens is 396 g/mol. The Balaban J connectivity index is 2.35. The Morgan fingerprint density at radius 1 is 1.19 bits per heavy atom. The summed E-state index contributed by atoms with van der Waals surface area (Å²) >= 11 is 7.10. The second-order valence-electron chi connectivity index (χ2n) is 4.90.